The summed E-state index contributed by atoms with van der Waals surface area (Å²) in [6.45, 7) is 6.40. The van der Waals surface area contributed by atoms with Gasteiger partial charge in [-0.3, -0.25) is 0 Å². The first-order valence-electron chi connectivity index (χ1n) is 7.01. The lowest BCUT2D eigenvalue weighted by Crippen LogP contribution is -2.08. The van der Waals surface area contributed by atoms with Crippen molar-refractivity contribution in [1.29, 1.82) is 0 Å². The summed E-state index contributed by atoms with van der Waals surface area (Å²) >= 11 is 1.50. The van der Waals surface area contributed by atoms with Crippen molar-refractivity contribution in [2.24, 2.45) is 12.0 Å². The number of aliphatic imine (C=N–C) groups is 1. The Labute approximate surface area is 141 Å². The van der Waals surface area contributed by atoms with E-state index in [-0.39, 0.29) is 11.5 Å². The minimum atomic E-state index is -4.42. The van der Waals surface area contributed by atoms with Gasteiger partial charge in [0.2, 0.25) is 0 Å². The SMILES string of the molecule is C=Nc1c(/C=C(\C)C(F)(F)F)nc(-c2cncnc2SCC)n1C. The van der Waals surface area contributed by atoms with Crippen LogP contribution in [0.5, 0.6) is 0 Å². The Morgan fingerprint density at radius 2 is 2.17 bits per heavy atom. The fourth-order valence-electron chi connectivity index (χ4n) is 2.05. The molecule has 5 nitrogen and oxygen atoms in total. The summed E-state index contributed by atoms with van der Waals surface area (Å²) in [6.07, 6.45) is -0.449. The first kappa shape index (κ1) is 18.2. The molecular weight excluding hydrogens is 339 g/mol. The zero-order chi connectivity index (χ0) is 17.9. The molecule has 0 fully saturated rings. The van der Waals surface area contributed by atoms with Crippen LogP contribution in [0.4, 0.5) is 19.0 Å². The molecule has 0 aromatic carbocycles. The van der Waals surface area contributed by atoms with Crippen molar-refractivity contribution >= 4 is 30.4 Å². The summed E-state index contributed by atoms with van der Waals surface area (Å²) in [5, 5.41) is 0.708. The maximum Gasteiger partial charge on any atom is 0.412 e. The van der Waals surface area contributed by atoms with Crippen molar-refractivity contribution < 1.29 is 13.2 Å². The number of allylic oxidation sites excluding steroid dienone is 1. The van der Waals surface area contributed by atoms with E-state index < -0.39 is 11.7 Å². The predicted molar refractivity (Wildman–Crippen MR) is 89.5 cm³/mol. The van der Waals surface area contributed by atoms with E-state index in [0.29, 0.717) is 16.4 Å². The van der Waals surface area contributed by atoms with Crippen molar-refractivity contribution in [1.82, 2.24) is 19.5 Å². The molecule has 24 heavy (non-hydrogen) atoms. The minimum absolute atomic E-state index is 0.105. The zero-order valence-corrected chi connectivity index (χ0v) is 14.2. The van der Waals surface area contributed by atoms with Crippen LogP contribution in [-0.2, 0) is 7.05 Å². The van der Waals surface area contributed by atoms with Gasteiger partial charge in [0.05, 0.1) is 5.56 Å². The number of rotatable bonds is 5. The third-order valence-corrected chi connectivity index (χ3v) is 4.13. The number of aromatic nitrogens is 4. The smallest absolute Gasteiger partial charge is 0.312 e. The van der Waals surface area contributed by atoms with Gasteiger partial charge in [-0.05, 0) is 25.5 Å². The average molecular weight is 355 g/mol. The molecule has 0 aliphatic rings. The van der Waals surface area contributed by atoms with Gasteiger partial charge in [-0.15, -0.1) is 11.8 Å². The summed E-state index contributed by atoms with van der Waals surface area (Å²) in [6, 6.07) is 0. The Morgan fingerprint density at radius 1 is 1.46 bits per heavy atom. The van der Waals surface area contributed by atoms with Gasteiger partial charge in [0.25, 0.3) is 0 Å². The highest BCUT2D eigenvalue weighted by atomic mass is 32.2. The summed E-state index contributed by atoms with van der Waals surface area (Å²) in [7, 11) is 1.67. The van der Waals surface area contributed by atoms with Crippen LogP contribution in [0.1, 0.15) is 19.5 Å². The second-order valence-corrected chi connectivity index (χ2v) is 6.11. The van der Waals surface area contributed by atoms with E-state index in [1.165, 1.54) is 18.1 Å². The normalized spacial score (nSPS) is 12.5. The molecule has 0 aliphatic heterocycles. The van der Waals surface area contributed by atoms with Gasteiger partial charge in [-0.25, -0.2) is 19.9 Å². The number of imidazole rings is 1. The van der Waals surface area contributed by atoms with E-state index in [2.05, 4.69) is 26.7 Å². The molecule has 0 N–H and O–H groups in total. The van der Waals surface area contributed by atoms with Crippen molar-refractivity contribution in [2.45, 2.75) is 25.0 Å². The topological polar surface area (TPSA) is 56.0 Å². The number of alkyl halides is 3. The van der Waals surface area contributed by atoms with Crippen LogP contribution in [0.15, 0.2) is 28.1 Å². The van der Waals surface area contributed by atoms with Gasteiger partial charge >= 0.3 is 6.18 Å². The summed E-state index contributed by atoms with van der Waals surface area (Å²) < 4.78 is 40.0. The molecule has 0 saturated carbocycles. The number of nitrogens with zero attached hydrogens (tertiary/aromatic N) is 5. The van der Waals surface area contributed by atoms with E-state index in [1.807, 2.05) is 6.92 Å². The lowest BCUT2D eigenvalue weighted by Gasteiger charge is -2.06. The Morgan fingerprint density at radius 3 is 2.75 bits per heavy atom. The van der Waals surface area contributed by atoms with E-state index >= 15 is 0 Å². The van der Waals surface area contributed by atoms with Crippen LogP contribution < -0.4 is 0 Å². The highest BCUT2D eigenvalue weighted by molar-refractivity contribution is 7.99. The maximum absolute atomic E-state index is 12.8. The Hall–Kier alpha value is -2.16. The molecule has 128 valence electrons. The third-order valence-electron chi connectivity index (χ3n) is 3.24. The highest BCUT2D eigenvalue weighted by Gasteiger charge is 2.30. The van der Waals surface area contributed by atoms with E-state index in [9.17, 15) is 13.2 Å². The minimum Gasteiger partial charge on any atom is -0.312 e. The lowest BCUT2D eigenvalue weighted by atomic mass is 10.2. The predicted octanol–water partition coefficient (Wildman–Crippen LogP) is 4.29. The van der Waals surface area contributed by atoms with Gasteiger partial charge in [-0.2, -0.15) is 13.2 Å². The molecule has 0 spiro atoms. The van der Waals surface area contributed by atoms with Gasteiger partial charge < -0.3 is 4.57 Å². The van der Waals surface area contributed by atoms with Gasteiger partial charge in [0.15, 0.2) is 5.82 Å². The van der Waals surface area contributed by atoms with Crippen molar-refractivity contribution in [2.75, 3.05) is 5.75 Å². The molecule has 0 radical (unpaired) electrons. The van der Waals surface area contributed by atoms with Crippen LogP contribution in [0.3, 0.4) is 0 Å². The Kier molecular flexibility index (Phi) is 5.43. The van der Waals surface area contributed by atoms with Crippen molar-refractivity contribution in [3.05, 3.63) is 23.8 Å². The third kappa shape index (κ3) is 3.66. The van der Waals surface area contributed by atoms with Crippen LogP contribution in [0.25, 0.3) is 17.5 Å². The second-order valence-electron chi connectivity index (χ2n) is 4.86. The van der Waals surface area contributed by atoms with Gasteiger partial charge in [-0.1, -0.05) is 6.92 Å². The monoisotopic (exact) mass is 355 g/mol. The van der Waals surface area contributed by atoms with E-state index in [0.717, 1.165) is 18.8 Å². The largest absolute Gasteiger partial charge is 0.412 e. The van der Waals surface area contributed by atoms with E-state index in [1.54, 1.807) is 17.8 Å². The first-order valence-corrected chi connectivity index (χ1v) is 8.00. The van der Waals surface area contributed by atoms with Crippen LogP contribution in [0, 0.1) is 0 Å². The molecule has 0 aliphatic carbocycles. The Bertz CT molecular complexity index is 780. The molecule has 0 atom stereocenters. The summed E-state index contributed by atoms with van der Waals surface area (Å²) in [5.41, 5.74) is -0.0146. The fourth-order valence-corrected chi connectivity index (χ4v) is 2.74. The molecule has 2 aromatic rings. The molecule has 9 heteroatoms. The highest BCUT2D eigenvalue weighted by Crippen LogP contribution is 2.34. The molecule has 0 bridgehead atoms. The van der Waals surface area contributed by atoms with E-state index in [4.69, 9.17) is 0 Å². The fraction of sp³-hybridized carbons (Fsp3) is 0.333. The van der Waals surface area contributed by atoms with Crippen LogP contribution in [-0.4, -0.2) is 38.2 Å². The summed E-state index contributed by atoms with van der Waals surface area (Å²) in [5.74, 6) is 1.49. The molecule has 0 amide bonds. The maximum atomic E-state index is 12.8. The second kappa shape index (κ2) is 7.16. The zero-order valence-electron chi connectivity index (χ0n) is 13.4. The number of hydrogen-bond donors (Lipinski definition) is 0. The van der Waals surface area contributed by atoms with Crippen molar-refractivity contribution in [3.63, 3.8) is 0 Å². The first-order chi connectivity index (χ1) is 11.3. The van der Waals surface area contributed by atoms with Gasteiger partial charge in [0.1, 0.15) is 22.9 Å². The summed E-state index contributed by atoms with van der Waals surface area (Å²) in [4.78, 5) is 16.3. The number of halogens is 3. The lowest BCUT2D eigenvalue weighted by molar-refractivity contribution is -0.0903. The average Bonchev–Trinajstić information content (AvgIpc) is 2.83. The molecule has 2 aromatic heterocycles. The molecule has 0 unspecified atom stereocenters. The van der Waals surface area contributed by atoms with Crippen LogP contribution >= 0.6 is 11.8 Å². The Balaban J connectivity index is 2.61. The molecule has 0 saturated heterocycles. The number of thioether (sulfide) groups is 1. The quantitative estimate of drug-likeness (QED) is 0.456. The number of hydrogen-bond acceptors (Lipinski definition) is 5. The van der Waals surface area contributed by atoms with Crippen molar-refractivity contribution in [3.8, 4) is 11.4 Å². The van der Waals surface area contributed by atoms with Crippen LogP contribution in [0.2, 0.25) is 0 Å². The molecule has 2 heterocycles. The molecule has 2 rings (SSSR count). The standard InChI is InChI=1S/C15H16F3N5S/c1-5-24-14-10(7-20-8-21-14)12-22-11(13(19-3)23(12)4)6-9(2)15(16,17)18/h6-8H,3,5H2,1-2,4H3/b9-6+. The van der Waals surface area contributed by atoms with Gasteiger partial charge in [0, 0.05) is 18.8 Å². The molecular formula is C15H16F3N5S.